The fourth-order valence-corrected chi connectivity index (χ4v) is 12.2. The van der Waals surface area contributed by atoms with E-state index in [1.807, 2.05) is 13.8 Å². The molecule has 0 heterocycles. The van der Waals surface area contributed by atoms with Gasteiger partial charge in [0, 0.05) is 42.4 Å². The third-order valence-corrected chi connectivity index (χ3v) is 25.2. The zero-order chi connectivity index (χ0) is 65.8. The number of benzene rings is 1. The number of fused-ring (bicyclic) bond motifs is 2. The SMILES string of the molecule is CC(C)=CC1C(C)C1(C)C.CC1CC(F)(F)C1(F)Cl.CC1CC(F)(F)C1(F)F.CC1CC1(Br)Br.CC1CC1(C)C.CC1CC1(Cl)Cl.CC1CC1(F)F.CC1CC1C.CC1CC1Cl.CC1CC1F.CC1CC2CCC1C2.C[C@H]1CC1c1ccccc1. The third kappa shape index (κ3) is 26.4. The van der Waals surface area contributed by atoms with Gasteiger partial charge in [-0.2, -0.15) is 17.6 Å². The first-order valence-electron chi connectivity index (χ1n) is 32.0. The van der Waals surface area contributed by atoms with Gasteiger partial charge in [0.1, 0.15) is 10.5 Å². The molecular formula is C69H110Br2Cl4F10. The minimum Gasteiger partial charge on any atom is -0.247 e. The molecule has 0 saturated heterocycles. The molecule has 13 saturated carbocycles. The summed E-state index contributed by atoms with van der Waals surface area (Å²) in [7, 11) is 0. The second-order valence-corrected chi connectivity index (χ2v) is 37.0. The molecule has 0 amide bonds. The lowest BCUT2D eigenvalue weighted by Crippen LogP contribution is -2.57. The molecule has 85 heavy (non-hydrogen) atoms. The van der Waals surface area contributed by atoms with Crippen LogP contribution in [0.5, 0.6) is 0 Å². The Morgan fingerprint density at radius 2 is 0.882 bits per heavy atom. The molecule has 13 aliphatic rings. The van der Waals surface area contributed by atoms with E-state index in [1.54, 1.807) is 32.6 Å². The maximum absolute atomic E-state index is 12.4. The van der Waals surface area contributed by atoms with E-state index >= 15 is 0 Å². The molecule has 1 aromatic rings. The summed E-state index contributed by atoms with van der Waals surface area (Å²) in [4.78, 5) is 0. The van der Waals surface area contributed by atoms with Crippen LogP contribution in [0.15, 0.2) is 42.0 Å². The van der Waals surface area contributed by atoms with Crippen LogP contribution < -0.4 is 0 Å². The molecule has 498 valence electrons. The average molecular weight is 1430 g/mol. The normalized spacial score (nSPS) is 41.6. The highest BCUT2D eigenvalue weighted by molar-refractivity contribution is 9.25. The van der Waals surface area contributed by atoms with E-state index < -0.39 is 59.7 Å². The summed E-state index contributed by atoms with van der Waals surface area (Å²) in [5.74, 6) is -2.76. The van der Waals surface area contributed by atoms with Gasteiger partial charge in [-0.25, -0.2) is 26.3 Å². The Labute approximate surface area is 546 Å². The van der Waals surface area contributed by atoms with Gasteiger partial charge in [-0.15, -0.1) is 34.8 Å². The Hall–Kier alpha value is 0.380. The zero-order valence-corrected chi connectivity index (χ0v) is 61.1. The van der Waals surface area contributed by atoms with E-state index in [0.29, 0.717) is 31.3 Å². The number of rotatable bonds is 2. The van der Waals surface area contributed by atoms with Crippen LogP contribution in [0.4, 0.5) is 43.9 Å². The lowest BCUT2D eigenvalue weighted by atomic mass is 9.78. The van der Waals surface area contributed by atoms with Crippen molar-refractivity contribution in [3.8, 4) is 0 Å². The van der Waals surface area contributed by atoms with Crippen LogP contribution in [0.3, 0.4) is 0 Å². The molecule has 0 aromatic heterocycles. The van der Waals surface area contributed by atoms with Crippen molar-refractivity contribution in [1.29, 1.82) is 0 Å². The second-order valence-electron chi connectivity index (χ2n) is 30.5. The highest BCUT2D eigenvalue weighted by Gasteiger charge is 2.70. The quantitative estimate of drug-likeness (QED) is 0.157. The van der Waals surface area contributed by atoms with Gasteiger partial charge in [0.25, 0.3) is 11.8 Å². The maximum Gasteiger partial charge on any atom is 0.312 e. The van der Waals surface area contributed by atoms with E-state index in [1.165, 1.54) is 50.2 Å². The predicted octanol–water partition coefficient (Wildman–Crippen LogP) is 26.4. The predicted molar refractivity (Wildman–Crippen MR) is 349 cm³/mol. The molecule has 2 bridgehead atoms. The summed E-state index contributed by atoms with van der Waals surface area (Å²) >= 11 is 28.4. The standard InChI is InChI=1S/C10H12.C10H18.C8H14.C6H12.C5H6ClF3.C5H6F4.C5H10.C4H6Br2.C4H6Cl2.C4H7Cl.C4H6F2.C4H7F/c1-8-7-10(8)9-5-3-2-4-6-9;1-7(2)6-9-8(3)10(9,4)5;1-6-4-7-2-3-8(6)5-7;1-5-4-6(5,2)3;1-3-2-4(7,8)5(3,6)9;1-3-2-4(6,7)5(3,8)9;1-4-3-5(4)2;2*1-3-2-4(3,5)6;1-3-2-4(3)5;1-3-2-4(3,5)6;1-3-2-4(3)5/h2-6,8,10H,7H2,1H3;6,8-9H,1-5H3;6-8H,2-5H2,1H3;5H,4H2,1-3H3;2*3H,2H2,1H3;4-5H,3H2,1-2H3;2*3H,2H2,1H3;3-4H,2H2,1H3;3H,2H2,1H3;3-4H,2H2,1H3/t8-,10?;;;;;;;;;;;/m0.........../s1. The molecule has 13 aliphatic carbocycles. The third-order valence-electron chi connectivity index (χ3n) is 20.7. The van der Waals surface area contributed by atoms with E-state index in [9.17, 15) is 43.9 Å². The maximum atomic E-state index is 12.4. The van der Waals surface area contributed by atoms with Gasteiger partial charge in [-0.05, 0) is 177 Å². The van der Waals surface area contributed by atoms with Crippen LogP contribution in [0.2, 0.25) is 0 Å². The van der Waals surface area contributed by atoms with Crippen molar-refractivity contribution in [2.75, 3.05) is 0 Å². The van der Waals surface area contributed by atoms with Crippen LogP contribution in [0, 0.1) is 106 Å². The van der Waals surface area contributed by atoms with E-state index in [2.05, 4.69) is 165 Å². The smallest absolute Gasteiger partial charge is 0.247 e. The number of halogens is 16. The minimum absolute atomic E-state index is 0.104. The van der Waals surface area contributed by atoms with Crippen molar-refractivity contribution in [1.82, 2.24) is 0 Å². The van der Waals surface area contributed by atoms with Crippen LogP contribution in [-0.4, -0.2) is 47.9 Å². The Balaban J connectivity index is 0.000000245. The van der Waals surface area contributed by atoms with E-state index in [-0.39, 0.29) is 16.7 Å². The van der Waals surface area contributed by atoms with Gasteiger partial charge in [-0.3, -0.25) is 0 Å². The summed E-state index contributed by atoms with van der Waals surface area (Å²) in [6, 6.07) is 10.8. The van der Waals surface area contributed by atoms with Crippen molar-refractivity contribution in [2.24, 2.45) is 106 Å². The Morgan fingerprint density at radius 3 is 0.976 bits per heavy atom. The monoisotopic (exact) mass is 1430 g/mol. The van der Waals surface area contributed by atoms with E-state index in [4.69, 9.17) is 46.4 Å². The van der Waals surface area contributed by atoms with Crippen molar-refractivity contribution >= 4 is 78.3 Å². The lowest BCUT2D eigenvalue weighted by Gasteiger charge is -2.43. The van der Waals surface area contributed by atoms with Crippen LogP contribution in [0.1, 0.15) is 233 Å². The Morgan fingerprint density at radius 1 is 0.518 bits per heavy atom. The summed E-state index contributed by atoms with van der Waals surface area (Å²) in [6.07, 6.45) is 15.7. The molecule has 0 aliphatic heterocycles. The van der Waals surface area contributed by atoms with Crippen molar-refractivity contribution < 1.29 is 43.9 Å². The van der Waals surface area contributed by atoms with Gasteiger partial charge >= 0.3 is 11.8 Å². The van der Waals surface area contributed by atoms with Crippen molar-refractivity contribution in [3.63, 3.8) is 0 Å². The topological polar surface area (TPSA) is 0 Å². The Bertz CT molecular complexity index is 2040. The van der Waals surface area contributed by atoms with Gasteiger partial charge in [-0.1, -0.05) is 210 Å². The number of alkyl halides is 16. The molecule has 16 heteroatoms. The summed E-state index contributed by atoms with van der Waals surface area (Å²) < 4.78 is 119. The van der Waals surface area contributed by atoms with Crippen molar-refractivity contribution in [2.45, 2.75) is 275 Å². The first-order chi connectivity index (χ1) is 38.4. The number of hydrogen-bond donors (Lipinski definition) is 0. The first-order valence-corrected chi connectivity index (χ1v) is 35.2. The van der Waals surface area contributed by atoms with Crippen LogP contribution in [-0.2, 0) is 0 Å². The molecule has 1 aromatic carbocycles. The molecule has 19 unspecified atom stereocenters. The molecule has 13 fully saturated rings. The fourth-order valence-electron chi connectivity index (χ4n) is 10.3. The molecule has 0 nitrogen and oxygen atoms in total. The average Bonchev–Trinajstić information content (AvgIpc) is 2.26. The summed E-state index contributed by atoms with van der Waals surface area (Å²) in [5.41, 5.74) is 4.27. The largest absolute Gasteiger partial charge is 0.312 e. The highest BCUT2D eigenvalue weighted by Crippen LogP contribution is 2.60. The second kappa shape index (κ2) is 31.1. The van der Waals surface area contributed by atoms with Crippen LogP contribution >= 0.6 is 78.3 Å². The number of allylic oxidation sites excluding steroid dienone is 2. The highest BCUT2D eigenvalue weighted by atomic mass is 79.9. The van der Waals surface area contributed by atoms with Crippen LogP contribution in [0.25, 0.3) is 0 Å². The molecular weight excluding hydrogens is 1320 g/mol. The molecule has 0 spiro atoms. The van der Waals surface area contributed by atoms with Gasteiger partial charge in [0.05, 0.1) is 3.23 Å². The zero-order valence-electron chi connectivity index (χ0n) is 54.9. The summed E-state index contributed by atoms with van der Waals surface area (Å²) in [5, 5.41) is -2.26. The van der Waals surface area contributed by atoms with E-state index in [0.717, 1.165) is 90.8 Å². The molecule has 20 atom stereocenters. The van der Waals surface area contributed by atoms with Gasteiger partial charge in [0.15, 0.2) is 0 Å². The lowest BCUT2D eigenvalue weighted by molar-refractivity contribution is -0.309. The number of hydrogen-bond acceptors (Lipinski definition) is 0. The van der Waals surface area contributed by atoms with Gasteiger partial charge in [0.2, 0.25) is 5.13 Å². The Kier molecular flexibility index (Phi) is 29.1. The summed E-state index contributed by atoms with van der Waals surface area (Å²) in [6.45, 7) is 40.1. The molecule has 14 rings (SSSR count). The molecule has 0 radical (unpaired) electrons. The molecule has 0 N–H and O–H groups in total. The van der Waals surface area contributed by atoms with Crippen molar-refractivity contribution in [3.05, 3.63) is 47.5 Å². The minimum atomic E-state index is -3.76. The fraction of sp³-hybridized carbons (Fsp3) is 0.884. The first kappa shape index (κ1) is 79.6. The van der Waals surface area contributed by atoms with Gasteiger partial charge < -0.3 is 0 Å².